The molecule has 4 aliphatic carbocycles. The van der Waals surface area contributed by atoms with Crippen LogP contribution in [0.4, 0.5) is 0 Å². The second kappa shape index (κ2) is 5.18. The largest absolute Gasteiger partial charge is 0.299 e. The molecule has 124 valence electrons. The van der Waals surface area contributed by atoms with Crippen molar-refractivity contribution >= 4 is 11.7 Å². The monoisotopic (exact) mass is 312 g/mol. The highest BCUT2D eigenvalue weighted by atomic mass is 16.1. The topological polar surface area (TPSA) is 34.1 Å². The summed E-state index contributed by atoms with van der Waals surface area (Å²) in [7, 11) is 0. The molecule has 0 aromatic carbocycles. The van der Waals surface area contributed by atoms with Gasteiger partial charge < -0.3 is 0 Å². The minimum absolute atomic E-state index is 0.0275. The van der Waals surface area contributed by atoms with Crippen molar-refractivity contribution in [3.05, 3.63) is 17.7 Å². The first-order valence-corrected chi connectivity index (χ1v) is 9.43. The van der Waals surface area contributed by atoms with Crippen molar-refractivity contribution in [3.63, 3.8) is 0 Å². The van der Waals surface area contributed by atoms with Gasteiger partial charge in [-0.15, -0.1) is 0 Å². The van der Waals surface area contributed by atoms with E-state index in [9.17, 15) is 9.59 Å². The quantitative estimate of drug-likeness (QED) is 0.527. The van der Waals surface area contributed by atoms with Crippen molar-refractivity contribution in [1.82, 2.24) is 0 Å². The van der Waals surface area contributed by atoms with Crippen molar-refractivity contribution in [2.24, 2.45) is 34.5 Å². The molecule has 0 saturated heterocycles. The Morgan fingerprint density at radius 3 is 2.65 bits per heavy atom. The summed E-state index contributed by atoms with van der Waals surface area (Å²) in [5, 5.41) is 0. The van der Waals surface area contributed by atoms with E-state index in [4.69, 9.17) is 0 Å². The van der Waals surface area contributed by atoms with E-state index in [0.717, 1.165) is 44.4 Å². The maximum Gasteiger partial charge on any atom is 0.139 e. The molecular weight excluding hydrogens is 284 g/mol. The highest BCUT2D eigenvalue weighted by Crippen LogP contribution is 2.64. The Morgan fingerprint density at radius 2 is 1.87 bits per heavy atom. The van der Waals surface area contributed by atoms with Crippen molar-refractivity contribution in [3.8, 4) is 0 Å². The molecule has 2 nitrogen and oxygen atoms in total. The Hall–Kier alpha value is -1.14. The normalized spacial score (nSPS) is 48.6. The highest BCUT2D eigenvalue weighted by Gasteiger charge is 2.58. The average molecular weight is 312 g/mol. The van der Waals surface area contributed by atoms with Crippen molar-refractivity contribution < 1.29 is 9.59 Å². The molecule has 0 N–H and O–H groups in total. The Labute approximate surface area is 139 Å². The molecule has 1 unspecified atom stereocenters. The molecule has 0 amide bonds. The first kappa shape index (κ1) is 15.4. The van der Waals surface area contributed by atoms with Gasteiger partial charge in [0.2, 0.25) is 0 Å². The predicted molar refractivity (Wildman–Crippen MR) is 90.5 cm³/mol. The van der Waals surface area contributed by atoms with Crippen LogP contribution in [-0.4, -0.2) is 11.7 Å². The Balaban J connectivity index is 1.65. The number of rotatable bonds is 1. The molecule has 0 aromatic heterocycles. The van der Waals surface area contributed by atoms with Crippen molar-refractivity contribution in [1.29, 1.82) is 0 Å². The lowest BCUT2D eigenvalue weighted by Crippen LogP contribution is -2.50. The van der Waals surface area contributed by atoms with Gasteiger partial charge in [0.1, 0.15) is 11.7 Å². The summed E-state index contributed by atoms with van der Waals surface area (Å²) in [5.41, 5.74) is 1.87. The smallest absolute Gasteiger partial charge is 0.139 e. The van der Waals surface area contributed by atoms with Crippen molar-refractivity contribution in [2.75, 3.05) is 0 Å². The van der Waals surface area contributed by atoms with Gasteiger partial charge in [-0.1, -0.05) is 25.5 Å². The summed E-state index contributed by atoms with van der Waals surface area (Å²) < 4.78 is 0. The zero-order valence-corrected chi connectivity index (χ0v) is 14.4. The first-order valence-electron chi connectivity index (χ1n) is 9.43. The number of allylic oxidation sites excluding steroid dienone is 3. The van der Waals surface area contributed by atoms with Gasteiger partial charge in [0.25, 0.3) is 0 Å². The van der Waals surface area contributed by atoms with Gasteiger partial charge in [-0.2, -0.15) is 0 Å². The standard InChI is InChI=1S/C21H28O2/c1-20-10-7-14(9-12-22)13-15(20)3-4-16-17-5-6-19(23)21(17,2)11-8-18(16)20/h3,9,14,16-18H,4-8,10-11,13H2,1-2H3/t14?,16-,17-,18+,20-,21-/m0/s1. The molecule has 0 radical (unpaired) electrons. The van der Waals surface area contributed by atoms with E-state index < -0.39 is 0 Å². The average Bonchev–Trinajstić information content (AvgIpc) is 2.84. The van der Waals surface area contributed by atoms with E-state index in [1.807, 2.05) is 5.94 Å². The van der Waals surface area contributed by atoms with Crippen LogP contribution in [0.3, 0.4) is 0 Å². The lowest BCUT2D eigenvalue weighted by atomic mass is 9.47. The molecule has 6 atom stereocenters. The molecule has 0 aromatic rings. The third-order valence-corrected chi connectivity index (χ3v) is 8.15. The third-order valence-electron chi connectivity index (χ3n) is 8.15. The molecule has 4 rings (SSSR count). The van der Waals surface area contributed by atoms with Crippen LogP contribution in [0.1, 0.15) is 65.2 Å². The van der Waals surface area contributed by atoms with Crippen LogP contribution in [0.25, 0.3) is 0 Å². The van der Waals surface area contributed by atoms with E-state index in [-0.39, 0.29) is 5.41 Å². The van der Waals surface area contributed by atoms with Crippen LogP contribution >= 0.6 is 0 Å². The number of fused-ring (bicyclic) bond motifs is 5. The number of hydrogen-bond acceptors (Lipinski definition) is 2. The minimum Gasteiger partial charge on any atom is -0.299 e. The number of carbonyl (C=O) groups is 1. The fourth-order valence-corrected chi connectivity index (χ4v) is 6.70. The van der Waals surface area contributed by atoms with Crippen LogP contribution < -0.4 is 0 Å². The molecule has 3 fully saturated rings. The number of Topliss-reactive ketones (excluding diaryl/α,β-unsaturated/α-hetero) is 1. The van der Waals surface area contributed by atoms with Gasteiger partial charge in [-0.05, 0) is 74.0 Å². The zero-order valence-electron chi connectivity index (χ0n) is 14.4. The Kier molecular flexibility index (Phi) is 3.47. The second-order valence-corrected chi connectivity index (χ2v) is 8.96. The molecule has 0 heterocycles. The van der Waals surface area contributed by atoms with Crippen LogP contribution in [0.2, 0.25) is 0 Å². The van der Waals surface area contributed by atoms with Gasteiger partial charge in [-0.3, -0.25) is 4.79 Å². The Morgan fingerprint density at radius 1 is 1.13 bits per heavy atom. The van der Waals surface area contributed by atoms with Gasteiger partial charge in [-0.25, -0.2) is 4.79 Å². The first-order chi connectivity index (χ1) is 11.0. The van der Waals surface area contributed by atoms with Crippen LogP contribution in [0, 0.1) is 34.5 Å². The molecule has 0 spiro atoms. The highest BCUT2D eigenvalue weighted by molar-refractivity contribution is 5.87. The van der Waals surface area contributed by atoms with Crippen molar-refractivity contribution in [2.45, 2.75) is 65.2 Å². The van der Waals surface area contributed by atoms with E-state index in [1.54, 1.807) is 11.6 Å². The van der Waals surface area contributed by atoms with E-state index in [0.29, 0.717) is 29.0 Å². The third kappa shape index (κ3) is 2.07. The van der Waals surface area contributed by atoms with E-state index >= 15 is 0 Å². The predicted octanol–water partition coefficient (Wildman–Crippen LogP) is 4.52. The molecule has 0 bridgehead atoms. The molecule has 4 aliphatic rings. The van der Waals surface area contributed by atoms with Gasteiger partial charge >= 0.3 is 0 Å². The molecule has 3 saturated carbocycles. The van der Waals surface area contributed by atoms with E-state index in [2.05, 4.69) is 19.9 Å². The van der Waals surface area contributed by atoms with Gasteiger partial charge in [0.15, 0.2) is 0 Å². The SMILES string of the molecule is C[C@]12CCC(C=C=O)CC1=CC[C@@H]1[C@H]2CC[C@]2(C)C(=O)CC[C@@H]12. The van der Waals surface area contributed by atoms with Gasteiger partial charge in [0, 0.05) is 17.9 Å². The number of carbonyl (C=O) groups excluding carboxylic acids is 2. The summed E-state index contributed by atoms with van der Waals surface area (Å²) in [6, 6.07) is 0. The molecular formula is C21H28O2. The molecule has 23 heavy (non-hydrogen) atoms. The fraction of sp³-hybridized carbons (Fsp3) is 0.762. The summed E-state index contributed by atoms with van der Waals surface area (Å²) in [4.78, 5) is 23.1. The fourth-order valence-electron chi connectivity index (χ4n) is 6.70. The van der Waals surface area contributed by atoms with Crippen LogP contribution in [0.15, 0.2) is 17.7 Å². The summed E-state index contributed by atoms with van der Waals surface area (Å²) in [6.45, 7) is 4.71. The summed E-state index contributed by atoms with van der Waals surface area (Å²) in [6.07, 6.45) is 13.0. The van der Waals surface area contributed by atoms with Crippen LogP contribution in [0.5, 0.6) is 0 Å². The van der Waals surface area contributed by atoms with Gasteiger partial charge in [0.05, 0.1) is 0 Å². The van der Waals surface area contributed by atoms with E-state index in [1.165, 1.54) is 12.8 Å². The molecule has 0 aliphatic heterocycles. The Bertz CT molecular complexity index is 611. The van der Waals surface area contributed by atoms with Crippen LogP contribution in [-0.2, 0) is 9.59 Å². The lowest BCUT2D eigenvalue weighted by Gasteiger charge is -2.56. The number of ketones is 1. The summed E-state index contributed by atoms with van der Waals surface area (Å²) >= 11 is 0. The second-order valence-electron chi connectivity index (χ2n) is 8.96. The number of hydrogen-bond donors (Lipinski definition) is 0. The molecule has 2 heteroatoms. The maximum absolute atomic E-state index is 12.4. The maximum atomic E-state index is 12.4. The zero-order chi connectivity index (χ0) is 16.2. The lowest BCUT2D eigenvalue weighted by molar-refractivity contribution is -0.131. The summed E-state index contributed by atoms with van der Waals surface area (Å²) in [5.74, 6) is 4.98. The minimum atomic E-state index is -0.0275.